The number of hydrogen-bond donors (Lipinski definition) is 0. The lowest BCUT2D eigenvalue weighted by Crippen LogP contribution is -2.34. The first-order valence-electron chi connectivity index (χ1n) is 6.32. The lowest BCUT2D eigenvalue weighted by Gasteiger charge is -2.33. The SMILES string of the molecule is CC1=C2C(=O)O[C@@H](C3=CCOC3=O)[C@]2(C)CCC1. The highest BCUT2D eigenvalue weighted by Crippen LogP contribution is 2.51. The van der Waals surface area contributed by atoms with Gasteiger partial charge in [0, 0.05) is 11.0 Å². The quantitative estimate of drug-likeness (QED) is 0.665. The summed E-state index contributed by atoms with van der Waals surface area (Å²) in [5, 5.41) is 0. The molecule has 4 nitrogen and oxygen atoms in total. The van der Waals surface area contributed by atoms with Crippen LogP contribution in [0, 0.1) is 5.41 Å². The second kappa shape index (κ2) is 3.70. The van der Waals surface area contributed by atoms with Crippen molar-refractivity contribution in [2.45, 2.75) is 39.2 Å². The molecular weight excluding hydrogens is 232 g/mol. The van der Waals surface area contributed by atoms with E-state index in [9.17, 15) is 9.59 Å². The molecule has 0 aromatic carbocycles. The van der Waals surface area contributed by atoms with Gasteiger partial charge < -0.3 is 9.47 Å². The van der Waals surface area contributed by atoms with Crippen molar-refractivity contribution in [2.75, 3.05) is 6.61 Å². The summed E-state index contributed by atoms with van der Waals surface area (Å²) in [6.45, 7) is 4.29. The molecule has 3 aliphatic rings. The lowest BCUT2D eigenvalue weighted by atomic mass is 9.68. The molecule has 0 saturated carbocycles. The van der Waals surface area contributed by atoms with Crippen molar-refractivity contribution in [3.63, 3.8) is 0 Å². The van der Waals surface area contributed by atoms with Gasteiger partial charge in [0.1, 0.15) is 12.7 Å². The summed E-state index contributed by atoms with van der Waals surface area (Å²) in [4.78, 5) is 23.7. The smallest absolute Gasteiger partial charge is 0.337 e. The molecule has 4 heteroatoms. The van der Waals surface area contributed by atoms with Gasteiger partial charge >= 0.3 is 11.9 Å². The van der Waals surface area contributed by atoms with Gasteiger partial charge in [0.05, 0.1) is 5.57 Å². The van der Waals surface area contributed by atoms with Gasteiger partial charge in [0.2, 0.25) is 0 Å². The normalized spacial score (nSPS) is 35.2. The summed E-state index contributed by atoms with van der Waals surface area (Å²) in [5.41, 5.74) is 2.02. The van der Waals surface area contributed by atoms with Crippen molar-refractivity contribution in [2.24, 2.45) is 5.41 Å². The zero-order valence-electron chi connectivity index (χ0n) is 10.6. The number of esters is 2. The molecule has 2 heterocycles. The summed E-state index contributed by atoms with van der Waals surface area (Å²) in [5.74, 6) is -0.612. The molecule has 0 N–H and O–H groups in total. The summed E-state index contributed by atoms with van der Waals surface area (Å²) >= 11 is 0. The predicted molar refractivity (Wildman–Crippen MR) is 63.6 cm³/mol. The van der Waals surface area contributed by atoms with Crippen LogP contribution in [0.3, 0.4) is 0 Å². The minimum absolute atomic E-state index is 0.264. The van der Waals surface area contributed by atoms with Crippen molar-refractivity contribution in [3.05, 3.63) is 22.8 Å². The van der Waals surface area contributed by atoms with Crippen LogP contribution in [-0.2, 0) is 19.1 Å². The van der Waals surface area contributed by atoms with E-state index in [0.717, 1.165) is 30.4 Å². The van der Waals surface area contributed by atoms with E-state index in [1.807, 2.05) is 13.8 Å². The van der Waals surface area contributed by atoms with Crippen molar-refractivity contribution in [3.8, 4) is 0 Å². The van der Waals surface area contributed by atoms with Crippen LogP contribution in [0.15, 0.2) is 22.8 Å². The molecule has 96 valence electrons. The molecule has 1 saturated heterocycles. The summed E-state index contributed by atoms with van der Waals surface area (Å²) in [6, 6.07) is 0. The minimum atomic E-state index is -0.467. The molecule has 3 rings (SSSR count). The molecule has 0 spiro atoms. The van der Waals surface area contributed by atoms with Crippen LogP contribution in [0.25, 0.3) is 0 Å². The molecule has 1 aliphatic carbocycles. The number of hydrogen-bond acceptors (Lipinski definition) is 4. The van der Waals surface area contributed by atoms with E-state index in [-0.39, 0.29) is 24.0 Å². The van der Waals surface area contributed by atoms with Crippen LogP contribution < -0.4 is 0 Å². The number of allylic oxidation sites excluding steroid dienone is 1. The van der Waals surface area contributed by atoms with Crippen LogP contribution in [0.2, 0.25) is 0 Å². The van der Waals surface area contributed by atoms with Gasteiger partial charge in [-0.2, -0.15) is 0 Å². The van der Waals surface area contributed by atoms with E-state index in [2.05, 4.69) is 0 Å². The van der Waals surface area contributed by atoms with Crippen LogP contribution in [-0.4, -0.2) is 24.6 Å². The molecule has 0 bridgehead atoms. The van der Waals surface area contributed by atoms with Crippen LogP contribution in [0.1, 0.15) is 33.1 Å². The highest BCUT2D eigenvalue weighted by molar-refractivity contribution is 5.98. The third kappa shape index (κ3) is 1.38. The van der Waals surface area contributed by atoms with E-state index in [0.29, 0.717) is 5.57 Å². The van der Waals surface area contributed by atoms with Gasteiger partial charge in [-0.05, 0) is 32.3 Å². The Kier molecular flexibility index (Phi) is 2.37. The van der Waals surface area contributed by atoms with Crippen LogP contribution in [0.4, 0.5) is 0 Å². The van der Waals surface area contributed by atoms with Crippen molar-refractivity contribution in [1.82, 2.24) is 0 Å². The maximum absolute atomic E-state index is 12.0. The third-order valence-corrected chi connectivity index (χ3v) is 4.29. The fraction of sp³-hybridized carbons (Fsp3) is 0.571. The summed E-state index contributed by atoms with van der Waals surface area (Å²) < 4.78 is 10.4. The van der Waals surface area contributed by atoms with Gasteiger partial charge in [-0.3, -0.25) is 0 Å². The lowest BCUT2D eigenvalue weighted by molar-refractivity contribution is -0.141. The predicted octanol–water partition coefficient (Wildman–Crippen LogP) is 1.90. The topological polar surface area (TPSA) is 52.6 Å². The second-order valence-electron chi connectivity index (χ2n) is 5.47. The van der Waals surface area contributed by atoms with E-state index < -0.39 is 6.10 Å². The van der Waals surface area contributed by atoms with Gasteiger partial charge in [-0.15, -0.1) is 0 Å². The average molecular weight is 248 g/mol. The number of fused-ring (bicyclic) bond motifs is 1. The molecule has 2 atom stereocenters. The zero-order valence-corrected chi connectivity index (χ0v) is 10.6. The monoisotopic (exact) mass is 248 g/mol. The zero-order chi connectivity index (χ0) is 12.9. The standard InChI is InChI=1S/C14H16O4/c1-8-4-3-6-14(2)10(8)13(16)18-11(14)9-5-7-17-12(9)15/h5,11H,3-4,6-7H2,1-2H3/t11-,14+/m0/s1. The molecule has 0 amide bonds. The first-order valence-corrected chi connectivity index (χ1v) is 6.32. The van der Waals surface area contributed by atoms with E-state index in [4.69, 9.17) is 9.47 Å². The van der Waals surface area contributed by atoms with Gasteiger partial charge in [0.25, 0.3) is 0 Å². The number of carbonyl (C=O) groups is 2. The van der Waals surface area contributed by atoms with E-state index in [1.165, 1.54) is 0 Å². The number of carbonyl (C=O) groups excluding carboxylic acids is 2. The molecule has 0 aromatic rings. The summed E-state index contributed by atoms with van der Waals surface area (Å²) in [6.07, 6.45) is 4.11. The Bertz CT molecular complexity index is 500. The van der Waals surface area contributed by atoms with Crippen LogP contribution in [0.5, 0.6) is 0 Å². The molecule has 18 heavy (non-hydrogen) atoms. The molecule has 0 unspecified atom stereocenters. The molecule has 2 aliphatic heterocycles. The fourth-order valence-electron chi connectivity index (χ4n) is 3.42. The highest BCUT2D eigenvalue weighted by atomic mass is 16.6. The Morgan fingerprint density at radius 1 is 1.33 bits per heavy atom. The second-order valence-corrected chi connectivity index (χ2v) is 5.47. The maximum atomic E-state index is 12.0. The molecular formula is C14H16O4. The Balaban J connectivity index is 2.07. The van der Waals surface area contributed by atoms with Gasteiger partial charge in [-0.25, -0.2) is 9.59 Å². The Morgan fingerprint density at radius 2 is 2.11 bits per heavy atom. The Morgan fingerprint density at radius 3 is 2.78 bits per heavy atom. The minimum Gasteiger partial charge on any atom is -0.458 e. The van der Waals surface area contributed by atoms with Crippen molar-refractivity contribution < 1.29 is 19.1 Å². The van der Waals surface area contributed by atoms with E-state index >= 15 is 0 Å². The Hall–Kier alpha value is -1.58. The highest BCUT2D eigenvalue weighted by Gasteiger charge is 2.55. The van der Waals surface area contributed by atoms with Crippen molar-refractivity contribution >= 4 is 11.9 Å². The van der Waals surface area contributed by atoms with Gasteiger partial charge in [0.15, 0.2) is 0 Å². The van der Waals surface area contributed by atoms with E-state index in [1.54, 1.807) is 6.08 Å². The average Bonchev–Trinajstić information content (AvgIpc) is 2.81. The maximum Gasteiger partial charge on any atom is 0.337 e. The number of ether oxygens (including phenoxy) is 2. The molecule has 0 aromatic heterocycles. The third-order valence-electron chi connectivity index (χ3n) is 4.29. The molecule has 1 fully saturated rings. The van der Waals surface area contributed by atoms with Crippen molar-refractivity contribution in [1.29, 1.82) is 0 Å². The largest absolute Gasteiger partial charge is 0.458 e. The first kappa shape index (κ1) is 11.5. The fourth-order valence-corrected chi connectivity index (χ4v) is 3.42. The Labute approximate surface area is 106 Å². The number of cyclic esters (lactones) is 2. The van der Waals surface area contributed by atoms with Crippen LogP contribution >= 0.6 is 0 Å². The number of rotatable bonds is 1. The molecule has 0 radical (unpaired) electrons. The first-order chi connectivity index (χ1) is 8.54. The summed E-state index contributed by atoms with van der Waals surface area (Å²) in [7, 11) is 0. The van der Waals surface area contributed by atoms with Gasteiger partial charge in [-0.1, -0.05) is 12.5 Å².